The lowest BCUT2D eigenvalue weighted by Gasteiger charge is -2.04. The maximum absolute atomic E-state index is 4.48. The van der Waals surface area contributed by atoms with Crippen molar-refractivity contribution in [2.75, 3.05) is 0 Å². The SMILES string of the molecule is CC=NC1=C(C)CCc2ccccc2C1. The van der Waals surface area contributed by atoms with Gasteiger partial charge in [0.2, 0.25) is 0 Å². The fraction of sp³-hybridized carbons (Fsp3) is 0.357. The van der Waals surface area contributed by atoms with E-state index in [-0.39, 0.29) is 0 Å². The zero-order valence-corrected chi connectivity index (χ0v) is 9.46. The van der Waals surface area contributed by atoms with Crippen LogP contribution in [0.25, 0.3) is 0 Å². The van der Waals surface area contributed by atoms with Gasteiger partial charge >= 0.3 is 0 Å². The standard InChI is InChI=1S/C14H17N/c1-3-15-14-10-13-7-5-4-6-12(13)9-8-11(14)2/h3-7H,8-10H2,1-2H3. The van der Waals surface area contributed by atoms with Crippen molar-refractivity contribution in [2.45, 2.75) is 33.1 Å². The molecule has 0 atom stereocenters. The van der Waals surface area contributed by atoms with Crippen LogP contribution in [0, 0.1) is 0 Å². The number of hydrogen-bond donors (Lipinski definition) is 0. The molecule has 0 heterocycles. The van der Waals surface area contributed by atoms with E-state index >= 15 is 0 Å². The van der Waals surface area contributed by atoms with Gasteiger partial charge in [0, 0.05) is 18.3 Å². The van der Waals surface area contributed by atoms with Crippen LogP contribution >= 0.6 is 0 Å². The Morgan fingerprint density at radius 2 is 1.87 bits per heavy atom. The number of nitrogens with zero attached hydrogens (tertiary/aromatic N) is 1. The summed E-state index contributed by atoms with van der Waals surface area (Å²) in [6.45, 7) is 4.19. The zero-order valence-electron chi connectivity index (χ0n) is 9.46. The van der Waals surface area contributed by atoms with Crippen LogP contribution in [0.1, 0.15) is 31.4 Å². The molecule has 0 radical (unpaired) electrons. The van der Waals surface area contributed by atoms with Gasteiger partial charge in [-0.3, -0.25) is 4.99 Å². The van der Waals surface area contributed by atoms with E-state index < -0.39 is 0 Å². The fourth-order valence-electron chi connectivity index (χ4n) is 2.08. The summed E-state index contributed by atoms with van der Waals surface area (Å²) in [5, 5.41) is 0. The first-order valence-electron chi connectivity index (χ1n) is 5.55. The molecule has 1 aromatic carbocycles. The molecule has 0 saturated carbocycles. The Balaban J connectivity index is 2.37. The lowest BCUT2D eigenvalue weighted by atomic mass is 10.0. The monoisotopic (exact) mass is 199 g/mol. The van der Waals surface area contributed by atoms with Gasteiger partial charge in [-0.2, -0.15) is 0 Å². The number of fused-ring (bicyclic) bond motifs is 1. The average Bonchev–Trinajstić information content (AvgIpc) is 2.41. The van der Waals surface area contributed by atoms with Gasteiger partial charge < -0.3 is 0 Å². The lowest BCUT2D eigenvalue weighted by Crippen LogP contribution is -1.91. The summed E-state index contributed by atoms with van der Waals surface area (Å²) in [6.07, 6.45) is 5.19. The van der Waals surface area contributed by atoms with Crippen LogP contribution in [0.15, 0.2) is 40.5 Å². The minimum absolute atomic E-state index is 0.992. The maximum atomic E-state index is 4.48. The molecule has 1 aliphatic rings. The van der Waals surface area contributed by atoms with Gasteiger partial charge in [-0.25, -0.2) is 0 Å². The molecule has 0 aliphatic heterocycles. The quantitative estimate of drug-likeness (QED) is 0.613. The Bertz CT molecular complexity index is 413. The van der Waals surface area contributed by atoms with Crippen LogP contribution < -0.4 is 0 Å². The fourth-order valence-corrected chi connectivity index (χ4v) is 2.08. The molecule has 0 unspecified atom stereocenters. The van der Waals surface area contributed by atoms with Crippen LogP contribution in [-0.2, 0) is 12.8 Å². The van der Waals surface area contributed by atoms with Crippen molar-refractivity contribution in [3.63, 3.8) is 0 Å². The molecule has 0 aromatic heterocycles. The topological polar surface area (TPSA) is 12.4 Å². The Morgan fingerprint density at radius 3 is 2.60 bits per heavy atom. The Labute approximate surface area is 91.6 Å². The number of benzene rings is 1. The molecule has 0 amide bonds. The molecule has 1 nitrogen and oxygen atoms in total. The molecule has 1 aliphatic carbocycles. The third-order valence-electron chi connectivity index (χ3n) is 3.02. The van der Waals surface area contributed by atoms with E-state index in [4.69, 9.17) is 0 Å². The predicted molar refractivity (Wildman–Crippen MR) is 65.3 cm³/mol. The average molecular weight is 199 g/mol. The second kappa shape index (κ2) is 4.43. The van der Waals surface area contributed by atoms with Crippen LogP contribution in [0.2, 0.25) is 0 Å². The summed E-state index contributed by atoms with van der Waals surface area (Å²) < 4.78 is 0. The highest BCUT2D eigenvalue weighted by molar-refractivity contribution is 5.56. The molecule has 1 heteroatoms. The van der Waals surface area contributed by atoms with Gasteiger partial charge in [0.05, 0.1) is 0 Å². The highest BCUT2D eigenvalue weighted by Crippen LogP contribution is 2.25. The molecule has 15 heavy (non-hydrogen) atoms. The van der Waals surface area contributed by atoms with Crippen LogP contribution in [0.4, 0.5) is 0 Å². The van der Waals surface area contributed by atoms with Gasteiger partial charge in [0.15, 0.2) is 0 Å². The molecule has 0 saturated heterocycles. The minimum atomic E-state index is 0.992. The largest absolute Gasteiger partial charge is 0.266 e. The molecule has 2 rings (SSSR count). The molecular weight excluding hydrogens is 182 g/mol. The molecule has 0 N–H and O–H groups in total. The third kappa shape index (κ3) is 2.17. The smallest absolute Gasteiger partial charge is 0.0432 e. The van der Waals surface area contributed by atoms with Gasteiger partial charge in [0.25, 0.3) is 0 Å². The van der Waals surface area contributed by atoms with E-state index in [0.717, 1.165) is 19.3 Å². The van der Waals surface area contributed by atoms with E-state index in [1.807, 2.05) is 13.1 Å². The van der Waals surface area contributed by atoms with Crippen LogP contribution in [-0.4, -0.2) is 6.21 Å². The van der Waals surface area contributed by atoms with Crippen molar-refractivity contribution in [2.24, 2.45) is 4.99 Å². The van der Waals surface area contributed by atoms with Crippen molar-refractivity contribution < 1.29 is 0 Å². The summed E-state index contributed by atoms with van der Waals surface area (Å²) in [4.78, 5) is 4.48. The Kier molecular flexibility index (Phi) is 3.00. The van der Waals surface area contributed by atoms with Gasteiger partial charge in [0.1, 0.15) is 0 Å². The summed E-state index contributed by atoms with van der Waals surface area (Å²) in [7, 11) is 0. The van der Waals surface area contributed by atoms with E-state index in [9.17, 15) is 0 Å². The van der Waals surface area contributed by atoms with Gasteiger partial charge in [-0.15, -0.1) is 0 Å². The highest BCUT2D eigenvalue weighted by Gasteiger charge is 2.11. The summed E-state index contributed by atoms with van der Waals surface area (Å²) >= 11 is 0. The zero-order chi connectivity index (χ0) is 10.7. The van der Waals surface area contributed by atoms with E-state index in [1.165, 1.54) is 22.4 Å². The van der Waals surface area contributed by atoms with E-state index in [0.29, 0.717) is 0 Å². The van der Waals surface area contributed by atoms with E-state index in [2.05, 4.69) is 36.2 Å². The first kappa shape index (κ1) is 10.2. The first-order chi connectivity index (χ1) is 7.31. The van der Waals surface area contributed by atoms with Gasteiger partial charge in [-0.05, 0) is 37.8 Å². The second-order valence-corrected chi connectivity index (χ2v) is 4.06. The number of hydrogen-bond acceptors (Lipinski definition) is 1. The Morgan fingerprint density at radius 1 is 1.13 bits per heavy atom. The third-order valence-corrected chi connectivity index (χ3v) is 3.02. The Hall–Kier alpha value is -1.37. The van der Waals surface area contributed by atoms with Crippen LogP contribution in [0.5, 0.6) is 0 Å². The number of aryl methyl sites for hydroxylation is 1. The minimum Gasteiger partial charge on any atom is -0.266 e. The number of rotatable bonds is 1. The van der Waals surface area contributed by atoms with Crippen LogP contribution in [0.3, 0.4) is 0 Å². The molecule has 1 aromatic rings. The first-order valence-corrected chi connectivity index (χ1v) is 5.55. The predicted octanol–water partition coefficient (Wildman–Crippen LogP) is 3.54. The summed E-state index contributed by atoms with van der Waals surface area (Å²) in [5.74, 6) is 0. The van der Waals surface area contributed by atoms with Crippen molar-refractivity contribution in [3.8, 4) is 0 Å². The van der Waals surface area contributed by atoms with Crippen molar-refractivity contribution in [1.82, 2.24) is 0 Å². The van der Waals surface area contributed by atoms with Crippen molar-refractivity contribution in [1.29, 1.82) is 0 Å². The lowest BCUT2D eigenvalue weighted by molar-refractivity contribution is 0.936. The van der Waals surface area contributed by atoms with Crippen molar-refractivity contribution in [3.05, 3.63) is 46.7 Å². The summed E-state index contributed by atoms with van der Waals surface area (Å²) in [5.41, 5.74) is 5.61. The van der Waals surface area contributed by atoms with Gasteiger partial charge in [-0.1, -0.05) is 29.8 Å². The summed E-state index contributed by atoms with van der Waals surface area (Å²) in [6, 6.07) is 8.70. The molecule has 0 fully saturated rings. The molecular formula is C14H17N. The number of allylic oxidation sites excluding steroid dienone is 2. The molecule has 78 valence electrons. The molecule has 0 spiro atoms. The van der Waals surface area contributed by atoms with E-state index in [1.54, 1.807) is 0 Å². The normalized spacial score (nSPS) is 16.7. The number of aliphatic imine (C=N–C) groups is 1. The highest BCUT2D eigenvalue weighted by atomic mass is 14.7. The molecule has 0 bridgehead atoms. The second-order valence-electron chi connectivity index (χ2n) is 4.06. The maximum Gasteiger partial charge on any atom is 0.0432 e. The van der Waals surface area contributed by atoms with Crippen molar-refractivity contribution >= 4 is 6.21 Å².